The van der Waals surface area contributed by atoms with Gasteiger partial charge in [-0.25, -0.2) is 0 Å². The first-order valence-electron chi connectivity index (χ1n) is 15.5. The van der Waals surface area contributed by atoms with Gasteiger partial charge < -0.3 is 8.98 Å². The van der Waals surface area contributed by atoms with Crippen LogP contribution in [0.15, 0.2) is 159 Å². The predicted octanol–water partition coefficient (Wildman–Crippen LogP) is 11.4. The van der Waals surface area contributed by atoms with Crippen molar-refractivity contribution in [2.45, 2.75) is 27.5 Å². The van der Waals surface area contributed by atoms with Crippen LogP contribution < -0.4 is 0 Å². The van der Waals surface area contributed by atoms with Gasteiger partial charge in [0, 0.05) is 42.1 Å². The number of fused-ring (bicyclic) bond motifs is 9. The van der Waals surface area contributed by atoms with Gasteiger partial charge in [0.1, 0.15) is 11.3 Å². The van der Waals surface area contributed by atoms with E-state index in [0.29, 0.717) is 0 Å². The molecular formula is C42H27NOS. The normalized spacial score (nSPS) is 15.3. The second-order valence-corrected chi connectivity index (χ2v) is 14.8. The number of para-hydroxylation sites is 2. The number of benzene rings is 5. The lowest BCUT2D eigenvalue weighted by Gasteiger charge is -2.40. The van der Waals surface area contributed by atoms with Crippen molar-refractivity contribution < 1.29 is 4.42 Å². The molecule has 2 nitrogen and oxygen atoms in total. The van der Waals surface area contributed by atoms with E-state index in [4.69, 9.17) is 4.42 Å². The summed E-state index contributed by atoms with van der Waals surface area (Å²) in [4.78, 5) is 5.17. The van der Waals surface area contributed by atoms with Gasteiger partial charge in [-0.3, -0.25) is 0 Å². The highest BCUT2D eigenvalue weighted by molar-refractivity contribution is 8.41. The van der Waals surface area contributed by atoms with Crippen molar-refractivity contribution in [2.24, 2.45) is 0 Å². The van der Waals surface area contributed by atoms with Gasteiger partial charge in [0.05, 0.1) is 15.9 Å². The molecule has 2 aromatic heterocycles. The molecule has 212 valence electrons. The van der Waals surface area contributed by atoms with Crippen LogP contribution in [-0.2, 0) is 6.42 Å². The first-order valence-corrected chi connectivity index (χ1v) is 17.1. The van der Waals surface area contributed by atoms with E-state index >= 15 is 0 Å². The van der Waals surface area contributed by atoms with Crippen LogP contribution in [0.3, 0.4) is 0 Å². The number of furan rings is 1. The van der Waals surface area contributed by atoms with E-state index in [1.54, 1.807) is 0 Å². The third-order valence-electron chi connectivity index (χ3n) is 9.57. The number of rotatable bonds is 3. The number of hydrogen-bond donors (Lipinski definition) is 0. The Labute approximate surface area is 263 Å². The van der Waals surface area contributed by atoms with Gasteiger partial charge in [0.2, 0.25) is 0 Å². The average molecular weight is 594 g/mol. The molecule has 0 bridgehead atoms. The van der Waals surface area contributed by atoms with E-state index < -0.39 is 10.0 Å². The average Bonchev–Trinajstić information content (AvgIpc) is 3.75. The first-order chi connectivity index (χ1) is 22.3. The summed E-state index contributed by atoms with van der Waals surface area (Å²) >= 11 is 0. The summed E-state index contributed by atoms with van der Waals surface area (Å²) < 4.78 is 9.36. The van der Waals surface area contributed by atoms with Crippen molar-refractivity contribution in [3.05, 3.63) is 163 Å². The SMILES string of the molecule is c1cccc(S2(C3=CCCc4c3oc3ccc(-n5c6ccccc6c6ccccc65)cc43)c3ccccc3-c3ccccc32)c#1. The van der Waals surface area contributed by atoms with Gasteiger partial charge in [-0.2, -0.15) is 0 Å². The number of nitrogens with zero attached hydrogens (tertiary/aromatic N) is 1. The lowest BCUT2D eigenvalue weighted by atomic mass is 10.0. The molecule has 0 fully saturated rings. The quantitative estimate of drug-likeness (QED) is 0.199. The maximum atomic E-state index is 6.96. The zero-order valence-electron chi connectivity index (χ0n) is 24.5. The fourth-order valence-electron chi connectivity index (χ4n) is 7.77. The second kappa shape index (κ2) is 9.29. The molecule has 3 heteroatoms. The Morgan fingerprint density at radius 2 is 1.31 bits per heavy atom. The zero-order valence-corrected chi connectivity index (χ0v) is 25.3. The van der Waals surface area contributed by atoms with Crippen LogP contribution in [0.4, 0.5) is 0 Å². The van der Waals surface area contributed by atoms with Gasteiger partial charge in [0.25, 0.3) is 0 Å². The van der Waals surface area contributed by atoms with Crippen molar-refractivity contribution in [2.75, 3.05) is 0 Å². The summed E-state index contributed by atoms with van der Waals surface area (Å²) in [5, 5.41) is 3.74. The molecule has 0 saturated heterocycles. The highest BCUT2D eigenvalue weighted by Gasteiger charge is 2.46. The van der Waals surface area contributed by atoms with Crippen molar-refractivity contribution in [1.29, 1.82) is 0 Å². The Morgan fingerprint density at radius 3 is 2.00 bits per heavy atom. The fraction of sp³-hybridized carbons (Fsp3) is 0.0476. The van der Waals surface area contributed by atoms with Crippen LogP contribution in [-0.4, -0.2) is 4.57 Å². The number of aromatic nitrogens is 1. The van der Waals surface area contributed by atoms with Crippen molar-refractivity contribution >= 4 is 47.7 Å². The number of aryl methyl sites for hydroxylation is 1. The van der Waals surface area contributed by atoms with Crippen LogP contribution in [0.25, 0.3) is 54.5 Å². The molecule has 1 aliphatic heterocycles. The zero-order chi connectivity index (χ0) is 29.5. The molecular weight excluding hydrogens is 567 g/mol. The van der Waals surface area contributed by atoms with E-state index in [2.05, 4.69) is 150 Å². The Balaban J connectivity index is 1.24. The molecule has 0 N–H and O–H groups in total. The minimum absolute atomic E-state index is 0.940. The van der Waals surface area contributed by atoms with Crippen LogP contribution in [0, 0.1) is 12.1 Å². The van der Waals surface area contributed by atoms with E-state index in [-0.39, 0.29) is 0 Å². The maximum Gasteiger partial charge on any atom is 0.144 e. The molecule has 6 aromatic carbocycles. The van der Waals surface area contributed by atoms with Crippen molar-refractivity contribution in [1.82, 2.24) is 4.57 Å². The third-order valence-corrected chi connectivity index (χ3v) is 13.5. The summed E-state index contributed by atoms with van der Waals surface area (Å²) in [5.41, 5.74) is 8.44. The highest BCUT2D eigenvalue weighted by atomic mass is 32.3. The fourth-order valence-corrected chi connectivity index (χ4v) is 12.1. The van der Waals surface area contributed by atoms with Crippen molar-refractivity contribution in [3.63, 3.8) is 0 Å². The van der Waals surface area contributed by atoms with Crippen LogP contribution in [0.2, 0.25) is 0 Å². The molecule has 1 aliphatic carbocycles. The topological polar surface area (TPSA) is 18.1 Å². The monoisotopic (exact) mass is 593 g/mol. The molecule has 0 spiro atoms. The Morgan fingerprint density at radius 1 is 0.644 bits per heavy atom. The molecule has 0 radical (unpaired) electrons. The highest BCUT2D eigenvalue weighted by Crippen LogP contribution is 2.82. The van der Waals surface area contributed by atoms with E-state index in [1.165, 1.54) is 63.5 Å². The largest absolute Gasteiger partial charge is 0.455 e. The number of allylic oxidation sites excluding steroid dienone is 1. The van der Waals surface area contributed by atoms with Crippen LogP contribution in [0.1, 0.15) is 17.7 Å². The predicted molar refractivity (Wildman–Crippen MR) is 185 cm³/mol. The molecule has 10 rings (SSSR count). The Bertz CT molecular complexity index is 2400. The summed E-state index contributed by atoms with van der Waals surface area (Å²) in [6, 6.07) is 55.2. The molecule has 8 aromatic rings. The molecule has 0 amide bonds. The molecule has 45 heavy (non-hydrogen) atoms. The molecule has 0 unspecified atom stereocenters. The molecule has 3 heterocycles. The lowest BCUT2D eigenvalue weighted by Crippen LogP contribution is -2.07. The minimum atomic E-state index is -1.86. The minimum Gasteiger partial charge on any atom is -0.455 e. The number of hydrogen-bond acceptors (Lipinski definition) is 1. The van der Waals surface area contributed by atoms with E-state index in [1.807, 2.05) is 6.07 Å². The Kier molecular flexibility index (Phi) is 5.15. The first kappa shape index (κ1) is 25.0. The van der Waals surface area contributed by atoms with Gasteiger partial charge >= 0.3 is 0 Å². The van der Waals surface area contributed by atoms with Crippen molar-refractivity contribution in [3.8, 4) is 16.8 Å². The summed E-state index contributed by atoms with van der Waals surface area (Å²) in [5.74, 6) is 1.02. The summed E-state index contributed by atoms with van der Waals surface area (Å²) in [6.45, 7) is 0. The lowest BCUT2D eigenvalue weighted by molar-refractivity contribution is 0.593. The molecule has 0 saturated carbocycles. The third kappa shape index (κ3) is 3.27. The van der Waals surface area contributed by atoms with Crippen LogP contribution in [0.5, 0.6) is 0 Å². The van der Waals surface area contributed by atoms with Gasteiger partial charge in [-0.15, -0.1) is 10.0 Å². The van der Waals surface area contributed by atoms with Gasteiger partial charge in [-0.05, 0) is 78.6 Å². The Hall–Kier alpha value is -5.43. The van der Waals surface area contributed by atoms with E-state index in [9.17, 15) is 0 Å². The molecule has 0 atom stereocenters. The molecule has 2 aliphatic rings. The van der Waals surface area contributed by atoms with Crippen LogP contribution >= 0.6 is 10.0 Å². The standard InChI is InChI=1S/C42H27NOS/c1-2-13-29(14-3-1)45(39-22-10-6-17-32(39)33-18-7-11-23-40(33)45)41-24-12-19-34-35-27-28(25-26-38(35)44-42(34)41)43-36-20-8-4-15-30(36)31-16-5-9-21-37(31)43/h1-2,4-11,13,15-18,20-27H,12,19H2. The van der Waals surface area contributed by atoms with E-state index in [0.717, 1.165) is 29.9 Å². The summed E-state index contributed by atoms with van der Waals surface area (Å²) in [6.07, 6.45) is 4.37. The smallest absolute Gasteiger partial charge is 0.144 e. The maximum absolute atomic E-state index is 6.96. The summed E-state index contributed by atoms with van der Waals surface area (Å²) in [7, 11) is -1.86. The second-order valence-electron chi connectivity index (χ2n) is 11.8. The van der Waals surface area contributed by atoms with Gasteiger partial charge in [0.15, 0.2) is 0 Å². The van der Waals surface area contributed by atoms with Gasteiger partial charge in [-0.1, -0.05) is 97.1 Å².